The van der Waals surface area contributed by atoms with Gasteiger partial charge in [0.25, 0.3) is 0 Å². The zero-order valence-electron chi connectivity index (χ0n) is 6.27. The zero-order chi connectivity index (χ0) is 8.97. The summed E-state index contributed by atoms with van der Waals surface area (Å²) in [5.74, 6) is 0.110. The highest BCUT2D eigenvalue weighted by atomic mass is 32.2. The van der Waals surface area contributed by atoms with E-state index in [-0.39, 0.29) is 5.75 Å². The van der Waals surface area contributed by atoms with Crippen LogP contribution in [0.25, 0.3) is 0 Å². The Morgan fingerprint density at radius 2 is 1.92 bits per heavy atom. The zero-order valence-corrected chi connectivity index (χ0v) is 7.08. The fourth-order valence-electron chi connectivity index (χ4n) is 0.835. The van der Waals surface area contributed by atoms with Gasteiger partial charge in [0.2, 0.25) is 0 Å². The van der Waals surface area contributed by atoms with Crippen LogP contribution in [0.5, 0.6) is 0 Å². The largest absolute Gasteiger partial charge is 0.306 e. The predicted octanol–water partition coefficient (Wildman–Crippen LogP) is 1.22. The van der Waals surface area contributed by atoms with E-state index in [2.05, 4.69) is 0 Å². The van der Waals surface area contributed by atoms with Crippen molar-refractivity contribution >= 4 is 17.4 Å². The summed E-state index contributed by atoms with van der Waals surface area (Å²) in [5.41, 5.74) is 1.32. The number of carbonyl (C=O) groups excluding carboxylic acids is 1. The molecule has 0 radical (unpaired) electrons. The van der Waals surface area contributed by atoms with E-state index in [1.807, 2.05) is 0 Å². The van der Waals surface area contributed by atoms with Crippen molar-refractivity contribution in [2.45, 2.75) is 5.75 Å². The molecule has 0 saturated heterocycles. The molecular formula is C8H8O3S. The standard InChI is InChI=1S/C8H8O3S/c9-5-7-1-3-8(4-2-7)6-12(10)11/h1-5H,6H2,(H,10,11). The van der Waals surface area contributed by atoms with Gasteiger partial charge in [-0.05, 0) is 5.56 Å². The number of hydrogen-bond donors (Lipinski definition) is 1. The molecule has 1 aromatic carbocycles. The van der Waals surface area contributed by atoms with Crippen LogP contribution in [0.4, 0.5) is 0 Å². The second kappa shape index (κ2) is 4.13. The van der Waals surface area contributed by atoms with Gasteiger partial charge in [0, 0.05) is 5.56 Å². The Morgan fingerprint density at radius 3 is 2.33 bits per heavy atom. The van der Waals surface area contributed by atoms with Gasteiger partial charge in [0.1, 0.15) is 6.29 Å². The van der Waals surface area contributed by atoms with Crippen LogP contribution in [0.15, 0.2) is 24.3 Å². The lowest BCUT2D eigenvalue weighted by Gasteiger charge is -1.96. The van der Waals surface area contributed by atoms with E-state index in [0.29, 0.717) is 5.56 Å². The van der Waals surface area contributed by atoms with Crippen LogP contribution in [0.3, 0.4) is 0 Å². The molecule has 1 aromatic rings. The summed E-state index contributed by atoms with van der Waals surface area (Å²) in [6, 6.07) is 6.57. The van der Waals surface area contributed by atoms with Crippen LogP contribution in [0.2, 0.25) is 0 Å². The molecule has 0 fully saturated rings. The summed E-state index contributed by atoms with van der Waals surface area (Å²) < 4.78 is 18.9. The first-order chi connectivity index (χ1) is 5.72. The summed E-state index contributed by atoms with van der Waals surface area (Å²) in [6.45, 7) is 0. The number of hydrogen-bond acceptors (Lipinski definition) is 2. The molecule has 3 nitrogen and oxygen atoms in total. The third-order valence-corrected chi connectivity index (χ3v) is 1.99. The average Bonchev–Trinajstić information content (AvgIpc) is 2.05. The minimum absolute atomic E-state index is 0.110. The second-order valence-corrected chi connectivity index (χ2v) is 3.26. The van der Waals surface area contributed by atoms with Gasteiger partial charge in [-0.2, -0.15) is 0 Å². The quantitative estimate of drug-likeness (QED) is 0.567. The van der Waals surface area contributed by atoms with Gasteiger partial charge >= 0.3 is 0 Å². The normalized spacial score (nSPS) is 12.4. The first kappa shape index (κ1) is 9.09. The molecule has 0 spiro atoms. The van der Waals surface area contributed by atoms with Crippen LogP contribution < -0.4 is 0 Å². The van der Waals surface area contributed by atoms with E-state index >= 15 is 0 Å². The van der Waals surface area contributed by atoms with Crippen LogP contribution in [0, 0.1) is 0 Å². The summed E-state index contributed by atoms with van der Waals surface area (Å²) in [5, 5.41) is 0. The first-order valence-electron chi connectivity index (χ1n) is 3.34. The monoisotopic (exact) mass is 184 g/mol. The summed E-state index contributed by atoms with van der Waals surface area (Å²) in [4.78, 5) is 10.2. The Bertz CT molecular complexity index is 292. The highest BCUT2D eigenvalue weighted by molar-refractivity contribution is 7.78. The molecule has 0 aromatic heterocycles. The van der Waals surface area contributed by atoms with E-state index in [9.17, 15) is 9.00 Å². The number of rotatable bonds is 3. The maximum atomic E-state index is 10.4. The molecule has 1 unspecified atom stereocenters. The lowest BCUT2D eigenvalue weighted by atomic mass is 10.2. The Kier molecular flexibility index (Phi) is 3.13. The van der Waals surface area contributed by atoms with E-state index in [1.165, 1.54) is 0 Å². The van der Waals surface area contributed by atoms with Gasteiger partial charge in [-0.15, -0.1) is 0 Å². The second-order valence-electron chi connectivity index (χ2n) is 2.33. The molecule has 0 aliphatic heterocycles. The van der Waals surface area contributed by atoms with E-state index in [0.717, 1.165) is 11.8 Å². The molecule has 0 aliphatic carbocycles. The van der Waals surface area contributed by atoms with Crippen molar-refractivity contribution in [3.8, 4) is 0 Å². The van der Waals surface area contributed by atoms with Gasteiger partial charge in [-0.3, -0.25) is 4.79 Å². The molecule has 0 bridgehead atoms. The minimum atomic E-state index is -1.81. The molecule has 1 rings (SSSR count). The van der Waals surface area contributed by atoms with Crippen molar-refractivity contribution < 1.29 is 13.6 Å². The Morgan fingerprint density at radius 1 is 1.33 bits per heavy atom. The number of aldehydes is 1. The van der Waals surface area contributed by atoms with Gasteiger partial charge in [-0.1, -0.05) is 24.3 Å². The molecule has 64 valence electrons. The Balaban J connectivity index is 2.77. The lowest BCUT2D eigenvalue weighted by Crippen LogP contribution is -1.92. The molecule has 4 heteroatoms. The van der Waals surface area contributed by atoms with Crippen LogP contribution in [0.1, 0.15) is 15.9 Å². The molecule has 0 amide bonds. The number of carbonyl (C=O) groups is 1. The molecule has 0 aliphatic rings. The van der Waals surface area contributed by atoms with Gasteiger partial charge < -0.3 is 4.55 Å². The average molecular weight is 184 g/mol. The molecular weight excluding hydrogens is 176 g/mol. The summed E-state index contributed by atoms with van der Waals surface area (Å²) in [6.07, 6.45) is 0.736. The predicted molar refractivity (Wildman–Crippen MR) is 46.3 cm³/mol. The molecule has 0 heterocycles. The topological polar surface area (TPSA) is 54.4 Å². The lowest BCUT2D eigenvalue weighted by molar-refractivity contribution is 0.112. The third kappa shape index (κ3) is 2.56. The first-order valence-corrected chi connectivity index (χ1v) is 4.61. The SMILES string of the molecule is O=Cc1ccc(CS(=O)O)cc1. The smallest absolute Gasteiger partial charge is 0.157 e. The maximum Gasteiger partial charge on any atom is 0.157 e. The van der Waals surface area contributed by atoms with Crippen molar-refractivity contribution in [1.82, 2.24) is 0 Å². The van der Waals surface area contributed by atoms with Crippen LogP contribution in [-0.4, -0.2) is 15.0 Å². The maximum absolute atomic E-state index is 10.4. The third-order valence-electron chi connectivity index (χ3n) is 1.41. The minimum Gasteiger partial charge on any atom is -0.306 e. The molecule has 12 heavy (non-hydrogen) atoms. The number of benzene rings is 1. The van der Waals surface area contributed by atoms with Crippen molar-refractivity contribution in [1.29, 1.82) is 0 Å². The van der Waals surface area contributed by atoms with E-state index in [4.69, 9.17) is 4.55 Å². The van der Waals surface area contributed by atoms with Gasteiger partial charge in [0.05, 0.1) is 5.75 Å². The van der Waals surface area contributed by atoms with Crippen LogP contribution >= 0.6 is 0 Å². The summed E-state index contributed by atoms with van der Waals surface area (Å²) in [7, 11) is 0. The summed E-state index contributed by atoms with van der Waals surface area (Å²) >= 11 is -1.81. The van der Waals surface area contributed by atoms with E-state index < -0.39 is 11.1 Å². The molecule has 0 saturated carbocycles. The fraction of sp³-hybridized carbons (Fsp3) is 0.125. The van der Waals surface area contributed by atoms with Gasteiger partial charge in [0.15, 0.2) is 11.1 Å². The highest BCUT2D eigenvalue weighted by Crippen LogP contribution is 2.04. The fourth-order valence-corrected chi connectivity index (χ4v) is 1.31. The van der Waals surface area contributed by atoms with Crippen molar-refractivity contribution in [3.05, 3.63) is 35.4 Å². The highest BCUT2D eigenvalue weighted by Gasteiger charge is 1.96. The Labute approximate surface area is 72.7 Å². The van der Waals surface area contributed by atoms with Crippen molar-refractivity contribution in [2.24, 2.45) is 0 Å². The molecule has 1 N–H and O–H groups in total. The van der Waals surface area contributed by atoms with Crippen molar-refractivity contribution in [2.75, 3.05) is 0 Å². The Hall–Kier alpha value is -1.00. The van der Waals surface area contributed by atoms with Crippen molar-refractivity contribution in [3.63, 3.8) is 0 Å². The molecule has 1 atom stereocenters. The van der Waals surface area contributed by atoms with Crippen LogP contribution in [-0.2, 0) is 16.8 Å². The van der Waals surface area contributed by atoms with Gasteiger partial charge in [-0.25, -0.2) is 4.21 Å². The van der Waals surface area contributed by atoms with E-state index in [1.54, 1.807) is 24.3 Å².